The minimum Gasteiger partial charge on any atom is -0.456 e. The van der Waals surface area contributed by atoms with E-state index in [0.717, 1.165) is 5.56 Å². The number of rotatable bonds is 3. The molecule has 2 aromatic carbocycles. The topological polar surface area (TPSA) is 69.4 Å². The van der Waals surface area contributed by atoms with Crippen LogP contribution in [0, 0.1) is 6.92 Å². The van der Waals surface area contributed by atoms with Crippen LogP contribution >= 0.6 is 0 Å². The van der Waals surface area contributed by atoms with Gasteiger partial charge in [0.05, 0.1) is 0 Å². The van der Waals surface area contributed by atoms with Crippen LogP contribution in [0.15, 0.2) is 53.4 Å². The van der Waals surface area contributed by atoms with Gasteiger partial charge in [0.2, 0.25) is 10.0 Å². The standard InChI is InChI=1S/C13H13NO3S/c1-10-7-8-12(13(9-10)18(14,15)16)17-11-5-3-2-4-6-11/h2-9H,1H3,(H2,14,15,16). The summed E-state index contributed by atoms with van der Waals surface area (Å²) in [4.78, 5) is -0.00801. The van der Waals surface area contributed by atoms with E-state index in [9.17, 15) is 8.42 Å². The lowest BCUT2D eigenvalue weighted by Crippen LogP contribution is -2.13. The van der Waals surface area contributed by atoms with Gasteiger partial charge in [-0.3, -0.25) is 0 Å². The van der Waals surface area contributed by atoms with Crippen molar-refractivity contribution in [1.29, 1.82) is 0 Å². The maximum absolute atomic E-state index is 11.5. The maximum atomic E-state index is 11.5. The molecular formula is C13H13NO3S. The van der Waals surface area contributed by atoms with Crippen LogP contribution in [0.3, 0.4) is 0 Å². The number of ether oxygens (including phenoxy) is 1. The molecular weight excluding hydrogens is 250 g/mol. The molecule has 18 heavy (non-hydrogen) atoms. The molecule has 2 aromatic rings. The van der Waals surface area contributed by atoms with Crippen LogP contribution in [-0.2, 0) is 10.0 Å². The highest BCUT2D eigenvalue weighted by atomic mass is 32.2. The lowest BCUT2D eigenvalue weighted by Gasteiger charge is -2.10. The summed E-state index contributed by atoms with van der Waals surface area (Å²) >= 11 is 0. The molecule has 0 atom stereocenters. The van der Waals surface area contributed by atoms with Crippen molar-refractivity contribution in [2.24, 2.45) is 5.14 Å². The molecule has 2 N–H and O–H groups in total. The molecule has 0 aliphatic heterocycles. The normalized spacial score (nSPS) is 11.2. The Hall–Kier alpha value is -1.85. The van der Waals surface area contributed by atoms with Crippen LogP contribution in [0.1, 0.15) is 5.56 Å². The lowest BCUT2D eigenvalue weighted by molar-refractivity contribution is 0.467. The van der Waals surface area contributed by atoms with Gasteiger partial charge in [0, 0.05) is 0 Å². The predicted octanol–water partition coefficient (Wildman–Crippen LogP) is 2.43. The Balaban J connectivity index is 2.46. The van der Waals surface area contributed by atoms with Crippen LogP contribution < -0.4 is 9.88 Å². The third-order valence-electron chi connectivity index (χ3n) is 2.38. The number of hydrogen-bond acceptors (Lipinski definition) is 3. The first kappa shape index (κ1) is 12.6. The van der Waals surface area contributed by atoms with Crippen molar-refractivity contribution in [2.75, 3.05) is 0 Å². The molecule has 5 heteroatoms. The van der Waals surface area contributed by atoms with Crippen molar-refractivity contribution in [1.82, 2.24) is 0 Å². The molecule has 2 rings (SSSR count). The zero-order valence-corrected chi connectivity index (χ0v) is 10.6. The van der Waals surface area contributed by atoms with Crippen molar-refractivity contribution < 1.29 is 13.2 Å². The summed E-state index contributed by atoms with van der Waals surface area (Å²) in [5.41, 5.74) is 0.805. The molecule has 0 aliphatic rings. The average Bonchev–Trinajstić information content (AvgIpc) is 2.31. The monoisotopic (exact) mass is 263 g/mol. The minimum absolute atomic E-state index is 0.00801. The summed E-state index contributed by atoms with van der Waals surface area (Å²) in [6.45, 7) is 1.79. The molecule has 0 saturated heterocycles. The summed E-state index contributed by atoms with van der Waals surface area (Å²) in [5.74, 6) is 0.792. The van der Waals surface area contributed by atoms with Gasteiger partial charge in [-0.2, -0.15) is 0 Å². The highest BCUT2D eigenvalue weighted by Gasteiger charge is 2.15. The van der Waals surface area contributed by atoms with E-state index in [0.29, 0.717) is 5.75 Å². The quantitative estimate of drug-likeness (QED) is 0.924. The zero-order valence-electron chi connectivity index (χ0n) is 9.83. The molecule has 0 fully saturated rings. The highest BCUT2D eigenvalue weighted by molar-refractivity contribution is 7.89. The molecule has 0 radical (unpaired) electrons. The molecule has 0 aromatic heterocycles. The molecule has 0 heterocycles. The van der Waals surface area contributed by atoms with Crippen LogP contribution in [-0.4, -0.2) is 8.42 Å². The second-order valence-electron chi connectivity index (χ2n) is 3.91. The minimum atomic E-state index is -3.80. The highest BCUT2D eigenvalue weighted by Crippen LogP contribution is 2.28. The van der Waals surface area contributed by atoms with Crippen LogP contribution in [0.5, 0.6) is 11.5 Å². The summed E-state index contributed by atoms with van der Waals surface area (Å²) in [5, 5.41) is 5.17. The van der Waals surface area contributed by atoms with E-state index in [1.165, 1.54) is 6.07 Å². The molecule has 0 bridgehead atoms. The summed E-state index contributed by atoms with van der Waals surface area (Å²) in [7, 11) is -3.80. The molecule has 0 amide bonds. The largest absolute Gasteiger partial charge is 0.456 e. The van der Waals surface area contributed by atoms with Crippen LogP contribution in [0.2, 0.25) is 0 Å². The Morgan fingerprint density at radius 1 is 1.06 bits per heavy atom. The summed E-state index contributed by atoms with van der Waals surface area (Å²) in [6, 6.07) is 13.8. The van der Waals surface area contributed by atoms with E-state index >= 15 is 0 Å². The average molecular weight is 263 g/mol. The first-order valence-corrected chi connectivity index (χ1v) is 6.88. The van der Waals surface area contributed by atoms with E-state index in [1.54, 1.807) is 43.3 Å². The zero-order chi connectivity index (χ0) is 13.2. The fourth-order valence-corrected chi connectivity index (χ4v) is 2.28. The third-order valence-corrected chi connectivity index (χ3v) is 3.31. The second kappa shape index (κ2) is 4.80. The van der Waals surface area contributed by atoms with Gasteiger partial charge in [-0.1, -0.05) is 24.3 Å². The van der Waals surface area contributed by atoms with Gasteiger partial charge in [0.25, 0.3) is 0 Å². The fourth-order valence-electron chi connectivity index (χ4n) is 1.54. The predicted molar refractivity (Wildman–Crippen MR) is 69.1 cm³/mol. The number of aryl methyl sites for hydroxylation is 1. The van der Waals surface area contributed by atoms with Crippen molar-refractivity contribution in [3.8, 4) is 11.5 Å². The maximum Gasteiger partial charge on any atom is 0.241 e. The number of benzene rings is 2. The van der Waals surface area contributed by atoms with Crippen molar-refractivity contribution >= 4 is 10.0 Å². The Morgan fingerprint density at radius 3 is 2.33 bits per heavy atom. The van der Waals surface area contributed by atoms with Gasteiger partial charge in [0.1, 0.15) is 16.4 Å². The van der Waals surface area contributed by atoms with E-state index < -0.39 is 10.0 Å². The van der Waals surface area contributed by atoms with E-state index in [-0.39, 0.29) is 10.6 Å². The molecule has 94 valence electrons. The number of para-hydroxylation sites is 1. The van der Waals surface area contributed by atoms with Gasteiger partial charge in [-0.05, 0) is 36.8 Å². The number of primary sulfonamides is 1. The number of sulfonamides is 1. The first-order chi connectivity index (χ1) is 8.47. The summed E-state index contributed by atoms with van der Waals surface area (Å²) < 4.78 is 28.5. The van der Waals surface area contributed by atoms with E-state index in [4.69, 9.17) is 9.88 Å². The Kier molecular flexibility index (Phi) is 3.36. The second-order valence-corrected chi connectivity index (χ2v) is 5.44. The summed E-state index contributed by atoms with van der Waals surface area (Å²) in [6.07, 6.45) is 0. The van der Waals surface area contributed by atoms with Gasteiger partial charge in [0.15, 0.2) is 0 Å². The van der Waals surface area contributed by atoms with Crippen molar-refractivity contribution in [3.63, 3.8) is 0 Å². The first-order valence-electron chi connectivity index (χ1n) is 5.33. The van der Waals surface area contributed by atoms with E-state index in [2.05, 4.69) is 0 Å². The Bertz CT molecular complexity index is 651. The fraction of sp³-hybridized carbons (Fsp3) is 0.0769. The SMILES string of the molecule is Cc1ccc(Oc2ccccc2)c(S(N)(=O)=O)c1. The lowest BCUT2D eigenvalue weighted by atomic mass is 10.2. The number of nitrogens with two attached hydrogens (primary N) is 1. The molecule has 4 nitrogen and oxygen atoms in total. The molecule has 0 saturated carbocycles. The molecule has 0 unspecified atom stereocenters. The molecule has 0 aliphatic carbocycles. The third kappa shape index (κ3) is 2.88. The van der Waals surface area contributed by atoms with Gasteiger partial charge >= 0.3 is 0 Å². The number of hydrogen-bond donors (Lipinski definition) is 1. The van der Waals surface area contributed by atoms with Crippen molar-refractivity contribution in [2.45, 2.75) is 11.8 Å². The van der Waals surface area contributed by atoms with Gasteiger partial charge in [-0.25, -0.2) is 13.6 Å². The smallest absolute Gasteiger partial charge is 0.241 e. The van der Waals surface area contributed by atoms with Gasteiger partial charge < -0.3 is 4.74 Å². The van der Waals surface area contributed by atoms with E-state index in [1.807, 2.05) is 6.07 Å². The van der Waals surface area contributed by atoms with Crippen LogP contribution in [0.4, 0.5) is 0 Å². The Morgan fingerprint density at radius 2 is 1.72 bits per heavy atom. The van der Waals surface area contributed by atoms with Crippen molar-refractivity contribution in [3.05, 3.63) is 54.1 Å². The molecule has 0 spiro atoms. The van der Waals surface area contributed by atoms with Crippen LogP contribution in [0.25, 0.3) is 0 Å². The van der Waals surface area contributed by atoms with Gasteiger partial charge in [-0.15, -0.1) is 0 Å². The Labute approximate surface area is 106 Å².